The first-order chi connectivity index (χ1) is 8.86. The number of hydrogen-bond donors (Lipinski definition) is 1. The van der Waals surface area contributed by atoms with Crippen LogP contribution in [-0.4, -0.2) is 12.2 Å². The van der Waals surface area contributed by atoms with Crippen LogP contribution < -0.4 is 5.32 Å². The van der Waals surface area contributed by atoms with Crippen molar-refractivity contribution in [1.82, 2.24) is 5.32 Å². The van der Waals surface area contributed by atoms with E-state index in [2.05, 4.69) is 25.2 Å². The number of nitrogens with one attached hydrogen (secondary N) is 1. The maximum absolute atomic E-state index is 12.7. The SMILES string of the molecule is Cc1cc(CNC2CCCC(C(F)(F)F)C2)sc1C. The smallest absolute Gasteiger partial charge is 0.309 e. The fourth-order valence-electron chi connectivity index (χ4n) is 2.65. The van der Waals surface area contributed by atoms with Crippen molar-refractivity contribution < 1.29 is 13.2 Å². The molecule has 19 heavy (non-hydrogen) atoms. The van der Waals surface area contributed by atoms with Gasteiger partial charge in [0.15, 0.2) is 0 Å². The molecule has 2 atom stereocenters. The van der Waals surface area contributed by atoms with Crippen LogP contribution in [0.15, 0.2) is 6.07 Å². The van der Waals surface area contributed by atoms with Crippen molar-refractivity contribution in [3.8, 4) is 0 Å². The molecule has 2 unspecified atom stereocenters. The Bertz CT molecular complexity index is 405. The first-order valence-electron chi connectivity index (χ1n) is 6.72. The van der Waals surface area contributed by atoms with E-state index in [0.29, 0.717) is 19.4 Å². The van der Waals surface area contributed by atoms with Crippen LogP contribution in [0.4, 0.5) is 13.2 Å². The number of alkyl halides is 3. The molecule has 1 saturated carbocycles. The van der Waals surface area contributed by atoms with Crippen molar-refractivity contribution in [2.24, 2.45) is 5.92 Å². The van der Waals surface area contributed by atoms with Crippen LogP contribution in [0.25, 0.3) is 0 Å². The molecule has 0 spiro atoms. The number of thiophene rings is 1. The lowest BCUT2D eigenvalue weighted by Crippen LogP contribution is -2.38. The lowest BCUT2D eigenvalue weighted by Gasteiger charge is -2.31. The number of hydrogen-bond acceptors (Lipinski definition) is 2. The summed E-state index contributed by atoms with van der Waals surface area (Å²) in [5.74, 6) is -1.12. The van der Waals surface area contributed by atoms with Crippen molar-refractivity contribution in [3.05, 3.63) is 21.4 Å². The van der Waals surface area contributed by atoms with Crippen molar-refractivity contribution in [2.45, 2.75) is 58.3 Å². The second kappa shape index (κ2) is 5.83. The first-order valence-corrected chi connectivity index (χ1v) is 7.54. The maximum atomic E-state index is 12.7. The minimum atomic E-state index is -4.03. The zero-order valence-corrected chi connectivity index (χ0v) is 12.1. The fraction of sp³-hybridized carbons (Fsp3) is 0.714. The van der Waals surface area contributed by atoms with Crippen molar-refractivity contribution in [3.63, 3.8) is 0 Å². The summed E-state index contributed by atoms with van der Waals surface area (Å²) in [6.45, 7) is 4.83. The molecule has 0 aromatic carbocycles. The van der Waals surface area contributed by atoms with E-state index in [1.54, 1.807) is 11.3 Å². The summed E-state index contributed by atoms with van der Waals surface area (Å²) in [5, 5.41) is 3.29. The Kier molecular flexibility index (Phi) is 4.56. The summed E-state index contributed by atoms with van der Waals surface area (Å²) in [7, 11) is 0. The van der Waals surface area contributed by atoms with Crippen molar-refractivity contribution >= 4 is 11.3 Å². The van der Waals surface area contributed by atoms with Crippen LogP contribution in [0.1, 0.15) is 41.0 Å². The lowest BCUT2D eigenvalue weighted by atomic mass is 9.85. The Morgan fingerprint density at radius 2 is 2.05 bits per heavy atom. The van der Waals surface area contributed by atoms with E-state index in [1.165, 1.54) is 15.3 Å². The highest BCUT2D eigenvalue weighted by Gasteiger charge is 2.41. The third kappa shape index (κ3) is 3.96. The molecule has 0 saturated heterocycles. The molecule has 1 aromatic rings. The second-order valence-electron chi connectivity index (χ2n) is 5.43. The number of rotatable bonds is 3. The summed E-state index contributed by atoms with van der Waals surface area (Å²) < 4.78 is 38.1. The zero-order valence-electron chi connectivity index (χ0n) is 11.3. The topological polar surface area (TPSA) is 12.0 Å². The quantitative estimate of drug-likeness (QED) is 0.860. The molecule has 5 heteroatoms. The van der Waals surface area contributed by atoms with Gasteiger partial charge in [-0.05, 0) is 44.7 Å². The molecular weight excluding hydrogens is 271 g/mol. The highest BCUT2D eigenvalue weighted by atomic mass is 32.1. The monoisotopic (exact) mass is 291 g/mol. The van der Waals surface area contributed by atoms with Gasteiger partial charge >= 0.3 is 6.18 Å². The van der Waals surface area contributed by atoms with Crippen molar-refractivity contribution in [2.75, 3.05) is 0 Å². The van der Waals surface area contributed by atoms with Gasteiger partial charge in [0.25, 0.3) is 0 Å². The Balaban J connectivity index is 1.86. The normalized spacial score (nSPS) is 24.7. The van der Waals surface area contributed by atoms with Gasteiger partial charge in [-0.15, -0.1) is 11.3 Å². The molecular formula is C14H20F3NS. The van der Waals surface area contributed by atoms with Gasteiger partial charge in [0, 0.05) is 22.3 Å². The molecule has 1 aliphatic carbocycles. The third-order valence-electron chi connectivity index (χ3n) is 3.92. The third-order valence-corrected chi connectivity index (χ3v) is 5.07. The van der Waals surface area contributed by atoms with Crippen LogP contribution in [0.2, 0.25) is 0 Å². The van der Waals surface area contributed by atoms with Crippen LogP contribution in [0.5, 0.6) is 0 Å². The fourth-order valence-corrected chi connectivity index (χ4v) is 3.66. The van der Waals surface area contributed by atoms with E-state index in [4.69, 9.17) is 0 Å². The van der Waals surface area contributed by atoms with Gasteiger partial charge in [-0.2, -0.15) is 13.2 Å². The van der Waals surface area contributed by atoms with Gasteiger partial charge < -0.3 is 5.32 Å². The highest BCUT2D eigenvalue weighted by molar-refractivity contribution is 7.12. The van der Waals surface area contributed by atoms with E-state index in [-0.39, 0.29) is 12.5 Å². The summed E-state index contributed by atoms with van der Waals surface area (Å²) in [4.78, 5) is 2.50. The summed E-state index contributed by atoms with van der Waals surface area (Å²) >= 11 is 1.72. The summed E-state index contributed by atoms with van der Waals surface area (Å²) in [6, 6.07) is 2.12. The Morgan fingerprint density at radius 1 is 1.32 bits per heavy atom. The predicted octanol–water partition coefficient (Wildman–Crippen LogP) is 4.58. The molecule has 1 aromatic heterocycles. The first kappa shape index (κ1) is 14.9. The second-order valence-corrected chi connectivity index (χ2v) is 6.78. The molecule has 1 N–H and O–H groups in total. The Morgan fingerprint density at radius 3 is 2.63 bits per heavy atom. The van der Waals surface area contributed by atoms with E-state index < -0.39 is 12.1 Å². The van der Waals surface area contributed by atoms with E-state index in [9.17, 15) is 13.2 Å². The van der Waals surface area contributed by atoms with Crippen LogP contribution in [-0.2, 0) is 6.54 Å². The lowest BCUT2D eigenvalue weighted by molar-refractivity contribution is -0.183. The van der Waals surface area contributed by atoms with Gasteiger partial charge in [-0.3, -0.25) is 0 Å². The average Bonchev–Trinajstić information content (AvgIpc) is 2.66. The van der Waals surface area contributed by atoms with Gasteiger partial charge in [0.1, 0.15) is 0 Å². The standard InChI is InChI=1S/C14H20F3NS/c1-9-6-13(19-10(9)2)8-18-12-5-3-4-11(7-12)14(15,16)17/h6,11-12,18H,3-5,7-8H2,1-2H3. The minimum Gasteiger partial charge on any atom is -0.309 e. The molecule has 1 heterocycles. The average molecular weight is 291 g/mol. The molecule has 1 nitrogen and oxygen atoms in total. The molecule has 1 aliphatic rings. The molecule has 0 aliphatic heterocycles. The molecule has 0 bridgehead atoms. The van der Waals surface area contributed by atoms with Crippen LogP contribution in [0, 0.1) is 19.8 Å². The highest BCUT2D eigenvalue weighted by Crippen LogP contribution is 2.37. The zero-order chi connectivity index (χ0) is 14.0. The van der Waals surface area contributed by atoms with E-state index in [1.807, 2.05) is 0 Å². The maximum Gasteiger partial charge on any atom is 0.391 e. The Labute approximate surface area is 116 Å². The number of aryl methyl sites for hydroxylation is 2. The van der Waals surface area contributed by atoms with Gasteiger partial charge in [-0.25, -0.2) is 0 Å². The largest absolute Gasteiger partial charge is 0.391 e. The molecule has 1 fully saturated rings. The summed E-state index contributed by atoms with van der Waals surface area (Å²) in [5.41, 5.74) is 1.26. The van der Waals surface area contributed by atoms with E-state index in [0.717, 1.165) is 6.42 Å². The number of halogens is 3. The summed E-state index contributed by atoms with van der Waals surface area (Å²) in [6.07, 6.45) is -1.98. The molecule has 0 amide bonds. The minimum absolute atomic E-state index is 0.00286. The van der Waals surface area contributed by atoms with Crippen LogP contribution >= 0.6 is 11.3 Å². The van der Waals surface area contributed by atoms with Crippen molar-refractivity contribution in [1.29, 1.82) is 0 Å². The molecule has 108 valence electrons. The van der Waals surface area contributed by atoms with Gasteiger partial charge in [0.2, 0.25) is 0 Å². The Hall–Kier alpha value is -0.550. The molecule has 2 rings (SSSR count). The predicted molar refractivity (Wildman–Crippen MR) is 72.4 cm³/mol. The molecule has 0 radical (unpaired) electrons. The van der Waals surface area contributed by atoms with Gasteiger partial charge in [-0.1, -0.05) is 6.42 Å². The van der Waals surface area contributed by atoms with Gasteiger partial charge in [0.05, 0.1) is 5.92 Å². The van der Waals surface area contributed by atoms with Crippen LogP contribution in [0.3, 0.4) is 0 Å². The van der Waals surface area contributed by atoms with E-state index >= 15 is 0 Å².